The van der Waals surface area contributed by atoms with Gasteiger partial charge >= 0.3 is 0 Å². The molecular weight excluding hydrogens is 260 g/mol. The van der Waals surface area contributed by atoms with Gasteiger partial charge in [-0.3, -0.25) is 9.80 Å². The van der Waals surface area contributed by atoms with Crippen LogP contribution in [0, 0.1) is 0 Å². The molecule has 2 fully saturated rings. The Balaban J connectivity index is 0.000000211. The van der Waals surface area contributed by atoms with Gasteiger partial charge in [0.15, 0.2) is 0 Å². The topological polar surface area (TPSA) is 30.5 Å². The molecule has 126 valence electrons. The Morgan fingerprint density at radius 3 is 1.62 bits per heavy atom. The van der Waals surface area contributed by atoms with Crippen LogP contribution in [0.4, 0.5) is 0 Å². The molecule has 0 aliphatic carbocycles. The molecule has 0 saturated carbocycles. The van der Waals surface area contributed by atoms with Crippen molar-refractivity contribution in [1.29, 1.82) is 0 Å². The van der Waals surface area contributed by atoms with E-state index in [1.54, 1.807) is 0 Å². The lowest BCUT2D eigenvalue weighted by Gasteiger charge is -2.42. The first kappa shape index (κ1) is 18.9. The summed E-state index contributed by atoms with van der Waals surface area (Å²) in [6, 6.07) is 3.49. The monoisotopic (exact) mass is 298 g/mol. The van der Waals surface area contributed by atoms with Crippen LogP contribution in [-0.2, 0) is 0 Å². The molecule has 3 atom stereocenters. The maximum Gasteiger partial charge on any atom is 0.0198 e. The molecule has 0 amide bonds. The van der Waals surface area contributed by atoms with Gasteiger partial charge in [-0.25, -0.2) is 0 Å². The fourth-order valence-corrected chi connectivity index (χ4v) is 3.79. The van der Waals surface area contributed by atoms with Crippen LogP contribution in [-0.4, -0.2) is 72.7 Å². The highest BCUT2D eigenvalue weighted by Gasteiger charge is 2.25. The van der Waals surface area contributed by atoms with E-state index in [1.165, 1.54) is 6.54 Å². The molecule has 2 rings (SSSR count). The number of hydrogen-bond acceptors (Lipinski definition) is 4. The van der Waals surface area contributed by atoms with Crippen LogP contribution in [0.5, 0.6) is 0 Å². The van der Waals surface area contributed by atoms with Crippen LogP contribution >= 0.6 is 0 Å². The molecule has 2 aliphatic heterocycles. The average Bonchev–Trinajstić information content (AvgIpc) is 2.39. The zero-order valence-corrected chi connectivity index (χ0v) is 15.3. The largest absolute Gasteiger partial charge is 0.314 e. The fourth-order valence-electron chi connectivity index (χ4n) is 3.79. The summed E-state index contributed by atoms with van der Waals surface area (Å²) < 4.78 is 0. The average molecular weight is 299 g/mol. The van der Waals surface area contributed by atoms with Crippen LogP contribution in [0.25, 0.3) is 0 Å². The molecule has 0 aromatic rings. The van der Waals surface area contributed by atoms with E-state index in [0.29, 0.717) is 30.2 Å². The maximum absolute atomic E-state index is 3.43. The SMILES string of the molecule is CC(C)N1C(C)CNCC1C.CC(C)N1CCNCC1C. The van der Waals surface area contributed by atoms with Gasteiger partial charge in [0.2, 0.25) is 0 Å². The van der Waals surface area contributed by atoms with Crippen LogP contribution in [0.3, 0.4) is 0 Å². The van der Waals surface area contributed by atoms with E-state index in [1.807, 2.05) is 0 Å². The number of hydrogen-bond donors (Lipinski definition) is 2. The number of nitrogens with zero attached hydrogens (tertiary/aromatic N) is 2. The van der Waals surface area contributed by atoms with Crippen molar-refractivity contribution >= 4 is 0 Å². The molecule has 4 nitrogen and oxygen atoms in total. The van der Waals surface area contributed by atoms with Crippen LogP contribution < -0.4 is 10.6 Å². The predicted octanol–water partition coefficient (Wildman–Crippen LogP) is 1.77. The minimum Gasteiger partial charge on any atom is -0.314 e. The number of nitrogens with one attached hydrogen (secondary N) is 2. The van der Waals surface area contributed by atoms with E-state index >= 15 is 0 Å². The Morgan fingerprint density at radius 2 is 1.29 bits per heavy atom. The summed E-state index contributed by atoms with van der Waals surface area (Å²) in [5.41, 5.74) is 0. The lowest BCUT2D eigenvalue weighted by Crippen LogP contribution is -2.57. The summed E-state index contributed by atoms with van der Waals surface area (Å²) in [6.45, 7) is 21.8. The summed E-state index contributed by atoms with van der Waals surface area (Å²) in [5, 5.41) is 6.81. The van der Waals surface area contributed by atoms with Gasteiger partial charge in [-0.2, -0.15) is 0 Å². The Bertz CT molecular complexity index is 270. The van der Waals surface area contributed by atoms with Crippen molar-refractivity contribution in [1.82, 2.24) is 20.4 Å². The molecule has 21 heavy (non-hydrogen) atoms. The van der Waals surface area contributed by atoms with Gasteiger partial charge in [0, 0.05) is 62.9 Å². The maximum atomic E-state index is 3.43. The second-order valence-electron chi connectivity index (χ2n) is 7.28. The predicted molar refractivity (Wildman–Crippen MR) is 92.9 cm³/mol. The second kappa shape index (κ2) is 9.09. The summed E-state index contributed by atoms with van der Waals surface area (Å²) in [7, 11) is 0. The highest BCUT2D eigenvalue weighted by molar-refractivity contribution is 4.84. The molecule has 0 spiro atoms. The first-order valence-corrected chi connectivity index (χ1v) is 8.79. The Hall–Kier alpha value is -0.160. The lowest BCUT2D eigenvalue weighted by molar-refractivity contribution is 0.0827. The van der Waals surface area contributed by atoms with Gasteiger partial charge in [-0.15, -0.1) is 0 Å². The number of piperazine rings is 2. The van der Waals surface area contributed by atoms with Crippen molar-refractivity contribution in [3.05, 3.63) is 0 Å². The van der Waals surface area contributed by atoms with Crippen molar-refractivity contribution in [3.63, 3.8) is 0 Å². The van der Waals surface area contributed by atoms with Crippen molar-refractivity contribution in [2.24, 2.45) is 0 Å². The summed E-state index contributed by atoms with van der Waals surface area (Å²) in [5.74, 6) is 0. The second-order valence-corrected chi connectivity index (χ2v) is 7.28. The van der Waals surface area contributed by atoms with Gasteiger partial charge in [0.1, 0.15) is 0 Å². The van der Waals surface area contributed by atoms with E-state index in [4.69, 9.17) is 0 Å². The smallest absolute Gasteiger partial charge is 0.0198 e. The third-order valence-corrected chi connectivity index (χ3v) is 4.71. The number of rotatable bonds is 2. The molecule has 0 aromatic carbocycles. The minimum atomic E-state index is 0.683. The quantitative estimate of drug-likeness (QED) is 0.813. The van der Waals surface area contributed by atoms with E-state index in [2.05, 4.69) is 68.9 Å². The van der Waals surface area contributed by atoms with E-state index in [0.717, 1.165) is 26.2 Å². The Morgan fingerprint density at radius 1 is 0.762 bits per heavy atom. The van der Waals surface area contributed by atoms with Crippen molar-refractivity contribution in [2.75, 3.05) is 32.7 Å². The molecule has 2 N–H and O–H groups in total. The molecule has 0 bridgehead atoms. The summed E-state index contributed by atoms with van der Waals surface area (Å²) in [4.78, 5) is 5.12. The van der Waals surface area contributed by atoms with Gasteiger partial charge in [0.25, 0.3) is 0 Å². The highest BCUT2D eigenvalue weighted by Crippen LogP contribution is 2.13. The van der Waals surface area contributed by atoms with E-state index < -0.39 is 0 Å². The molecule has 4 heteroatoms. The third kappa shape index (κ3) is 5.85. The molecular formula is C17H38N4. The first-order chi connectivity index (χ1) is 9.84. The van der Waals surface area contributed by atoms with Crippen LogP contribution in [0.15, 0.2) is 0 Å². The Kier molecular flexibility index (Phi) is 8.17. The van der Waals surface area contributed by atoms with Gasteiger partial charge in [0.05, 0.1) is 0 Å². The van der Waals surface area contributed by atoms with E-state index in [9.17, 15) is 0 Å². The van der Waals surface area contributed by atoms with Gasteiger partial charge in [-0.05, 0) is 48.5 Å². The summed E-state index contributed by atoms with van der Waals surface area (Å²) >= 11 is 0. The van der Waals surface area contributed by atoms with Gasteiger partial charge in [-0.1, -0.05) is 0 Å². The lowest BCUT2D eigenvalue weighted by atomic mass is 10.1. The molecule has 3 unspecified atom stereocenters. The molecule has 2 heterocycles. The molecule has 0 radical (unpaired) electrons. The Labute approximate surface area is 132 Å². The zero-order chi connectivity index (χ0) is 16.0. The van der Waals surface area contributed by atoms with Crippen molar-refractivity contribution in [3.8, 4) is 0 Å². The fraction of sp³-hybridized carbons (Fsp3) is 1.00. The summed E-state index contributed by atoms with van der Waals surface area (Å²) in [6.07, 6.45) is 0. The molecule has 0 aromatic heterocycles. The standard InChI is InChI=1S/C9H20N2.C8H18N2/c1-7(2)11-8(3)5-10-6-9(11)4;1-7(2)10-5-4-9-6-8(10)3/h7-10H,5-6H2,1-4H3;7-9H,4-6H2,1-3H3. The first-order valence-electron chi connectivity index (χ1n) is 8.79. The molecule has 2 saturated heterocycles. The normalized spacial score (nSPS) is 32.1. The third-order valence-electron chi connectivity index (χ3n) is 4.71. The van der Waals surface area contributed by atoms with Crippen LogP contribution in [0.2, 0.25) is 0 Å². The zero-order valence-electron chi connectivity index (χ0n) is 15.3. The molecule has 2 aliphatic rings. The van der Waals surface area contributed by atoms with Gasteiger partial charge < -0.3 is 10.6 Å². The van der Waals surface area contributed by atoms with Crippen LogP contribution in [0.1, 0.15) is 48.5 Å². The van der Waals surface area contributed by atoms with Crippen molar-refractivity contribution < 1.29 is 0 Å². The minimum absolute atomic E-state index is 0.683. The van der Waals surface area contributed by atoms with Crippen molar-refractivity contribution in [2.45, 2.75) is 78.7 Å². The highest BCUT2D eigenvalue weighted by atomic mass is 15.3. The van der Waals surface area contributed by atoms with E-state index in [-0.39, 0.29) is 0 Å².